The Bertz CT molecular complexity index is 964. The van der Waals surface area contributed by atoms with Crippen molar-refractivity contribution in [3.8, 4) is 5.75 Å². The summed E-state index contributed by atoms with van der Waals surface area (Å²) < 4.78 is 5.87. The number of hydrogen-bond acceptors (Lipinski definition) is 7. The summed E-state index contributed by atoms with van der Waals surface area (Å²) in [4.78, 5) is 24.9. The molecule has 0 amide bonds. The first-order chi connectivity index (χ1) is 14.7. The van der Waals surface area contributed by atoms with Gasteiger partial charge in [0.1, 0.15) is 12.4 Å². The summed E-state index contributed by atoms with van der Waals surface area (Å²) in [5.41, 5.74) is 2.65. The molecule has 1 unspecified atom stereocenters. The van der Waals surface area contributed by atoms with E-state index in [1.165, 1.54) is 0 Å². The predicted molar refractivity (Wildman–Crippen MR) is 114 cm³/mol. The number of carbonyl (C=O) groups is 1. The summed E-state index contributed by atoms with van der Waals surface area (Å²) in [5, 5.41) is 15.9. The number of aromatic nitrogens is 3. The molecule has 1 atom stereocenters. The molecular weight excluding hydrogens is 384 g/mol. The fraction of sp³-hybridized carbons (Fsp3) is 0.286. The van der Waals surface area contributed by atoms with E-state index >= 15 is 0 Å². The number of carboxylic acids is 1. The molecular formula is C21H24N6O3. The average Bonchev–Trinajstić information content (AvgIpc) is 3.27. The van der Waals surface area contributed by atoms with Crippen molar-refractivity contribution in [2.75, 3.05) is 41.8 Å². The van der Waals surface area contributed by atoms with E-state index < -0.39 is 5.97 Å². The number of ether oxygens (including phenoxy) is 1. The maximum atomic E-state index is 11.3. The molecule has 0 bridgehead atoms. The number of carboxylic acid groups (broad SMARTS) is 1. The van der Waals surface area contributed by atoms with Gasteiger partial charge in [-0.05, 0) is 23.8 Å². The van der Waals surface area contributed by atoms with Crippen LogP contribution in [0, 0.1) is 0 Å². The van der Waals surface area contributed by atoms with Gasteiger partial charge in [0, 0.05) is 49.6 Å². The first kappa shape index (κ1) is 19.6. The standard InChI is InChI=1S/C21H24N6O3/c28-20(29)13-17(15-2-1-5-22-14-15)26-16-3-4-18-19(12-16)30-11-10-27(18)9-8-25-21-23-6-7-24-21/h1-7,12,14,17,26H,8-11,13H2,(H,28,29)(H2,23,24,25). The third-order valence-corrected chi connectivity index (χ3v) is 4.90. The van der Waals surface area contributed by atoms with Crippen LogP contribution in [-0.4, -0.2) is 52.3 Å². The lowest BCUT2D eigenvalue weighted by atomic mass is 10.1. The normalized spacial score (nSPS) is 13.8. The molecule has 156 valence electrons. The smallest absolute Gasteiger partial charge is 0.305 e. The van der Waals surface area contributed by atoms with Gasteiger partial charge in [-0.1, -0.05) is 6.07 Å². The Hall–Kier alpha value is -3.75. The number of aliphatic carboxylic acids is 1. The van der Waals surface area contributed by atoms with E-state index in [9.17, 15) is 9.90 Å². The van der Waals surface area contributed by atoms with Crippen LogP contribution in [-0.2, 0) is 4.79 Å². The topological polar surface area (TPSA) is 115 Å². The number of hydrogen-bond donors (Lipinski definition) is 4. The lowest BCUT2D eigenvalue weighted by Crippen LogP contribution is -2.36. The monoisotopic (exact) mass is 408 g/mol. The maximum Gasteiger partial charge on any atom is 0.305 e. The van der Waals surface area contributed by atoms with Crippen molar-refractivity contribution in [3.63, 3.8) is 0 Å². The van der Waals surface area contributed by atoms with Gasteiger partial charge in [0.25, 0.3) is 0 Å². The largest absolute Gasteiger partial charge is 0.489 e. The van der Waals surface area contributed by atoms with Crippen LogP contribution in [0.25, 0.3) is 0 Å². The number of H-pyrrole nitrogens is 1. The first-order valence-electron chi connectivity index (χ1n) is 9.82. The number of pyridine rings is 1. The van der Waals surface area contributed by atoms with Gasteiger partial charge in [-0.2, -0.15) is 0 Å². The molecule has 1 aromatic carbocycles. The van der Waals surface area contributed by atoms with Crippen LogP contribution in [0.5, 0.6) is 5.75 Å². The molecule has 9 heteroatoms. The number of nitrogens with zero attached hydrogens (tertiary/aromatic N) is 3. The highest BCUT2D eigenvalue weighted by Crippen LogP contribution is 2.35. The van der Waals surface area contributed by atoms with Crippen molar-refractivity contribution in [1.29, 1.82) is 0 Å². The highest BCUT2D eigenvalue weighted by molar-refractivity contribution is 5.70. The zero-order chi connectivity index (χ0) is 20.8. The minimum absolute atomic E-state index is 0.0474. The number of benzene rings is 1. The fourth-order valence-electron chi connectivity index (χ4n) is 3.48. The van der Waals surface area contributed by atoms with Crippen LogP contribution in [0.3, 0.4) is 0 Å². The van der Waals surface area contributed by atoms with E-state index in [4.69, 9.17) is 4.74 Å². The van der Waals surface area contributed by atoms with Gasteiger partial charge in [0.2, 0.25) is 0 Å². The molecule has 0 spiro atoms. The molecule has 3 heterocycles. The van der Waals surface area contributed by atoms with Crippen molar-refractivity contribution in [3.05, 3.63) is 60.7 Å². The Kier molecular flexibility index (Phi) is 5.98. The van der Waals surface area contributed by atoms with E-state index in [1.54, 1.807) is 30.9 Å². The Morgan fingerprint density at radius 1 is 1.33 bits per heavy atom. The Labute approximate surface area is 174 Å². The fourth-order valence-corrected chi connectivity index (χ4v) is 3.48. The van der Waals surface area contributed by atoms with Crippen LogP contribution in [0.1, 0.15) is 18.0 Å². The molecule has 0 radical (unpaired) electrons. The zero-order valence-electron chi connectivity index (χ0n) is 16.4. The van der Waals surface area contributed by atoms with E-state index in [-0.39, 0.29) is 12.5 Å². The van der Waals surface area contributed by atoms with Gasteiger partial charge < -0.3 is 30.4 Å². The zero-order valence-corrected chi connectivity index (χ0v) is 16.4. The van der Waals surface area contributed by atoms with Crippen LogP contribution in [0.2, 0.25) is 0 Å². The highest BCUT2D eigenvalue weighted by atomic mass is 16.5. The Morgan fingerprint density at radius 3 is 3.03 bits per heavy atom. The number of imidazole rings is 1. The number of nitrogens with one attached hydrogen (secondary N) is 3. The predicted octanol–water partition coefficient (Wildman–Crippen LogP) is 2.74. The lowest BCUT2D eigenvalue weighted by Gasteiger charge is -2.32. The SMILES string of the molecule is O=C(O)CC(Nc1ccc2c(c1)OCCN2CCNc1ncc[nH]1)c1cccnc1. The molecule has 3 aromatic rings. The second kappa shape index (κ2) is 9.17. The average molecular weight is 408 g/mol. The van der Waals surface area contributed by atoms with Gasteiger partial charge in [-0.25, -0.2) is 4.98 Å². The second-order valence-electron chi connectivity index (χ2n) is 6.96. The highest BCUT2D eigenvalue weighted by Gasteiger charge is 2.20. The third kappa shape index (κ3) is 4.80. The van der Waals surface area contributed by atoms with E-state index in [1.807, 2.05) is 24.3 Å². The summed E-state index contributed by atoms with van der Waals surface area (Å²) in [5.74, 6) is 0.660. The summed E-state index contributed by atoms with van der Waals surface area (Å²) in [6.07, 6.45) is 6.80. The van der Waals surface area contributed by atoms with Gasteiger partial charge in [-0.15, -0.1) is 0 Å². The molecule has 4 rings (SSSR count). The van der Waals surface area contributed by atoms with Crippen LogP contribution in [0.15, 0.2) is 55.1 Å². The summed E-state index contributed by atoms with van der Waals surface area (Å²) >= 11 is 0. The van der Waals surface area contributed by atoms with Gasteiger partial charge >= 0.3 is 5.97 Å². The van der Waals surface area contributed by atoms with E-state index in [0.717, 1.165) is 48.3 Å². The first-order valence-corrected chi connectivity index (χ1v) is 9.82. The molecule has 4 N–H and O–H groups in total. The molecule has 0 aliphatic carbocycles. The summed E-state index contributed by atoms with van der Waals surface area (Å²) in [6, 6.07) is 9.17. The van der Waals surface area contributed by atoms with Gasteiger partial charge in [0.05, 0.1) is 24.7 Å². The Balaban J connectivity index is 1.45. The molecule has 1 aliphatic rings. The second-order valence-corrected chi connectivity index (χ2v) is 6.96. The maximum absolute atomic E-state index is 11.3. The number of aromatic amines is 1. The molecule has 30 heavy (non-hydrogen) atoms. The Morgan fingerprint density at radius 2 is 2.27 bits per heavy atom. The van der Waals surface area contributed by atoms with Crippen LogP contribution >= 0.6 is 0 Å². The van der Waals surface area contributed by atoms with Gasteiger partial charge in [0.15, 0.2) is 5.95 Å². The van der Waals surface area contributed by atoms with Gasteiger partial charge in [-0.3, -0.25) is 9.78 Å². The molecule has 1 aliphatic heterocycles. The minimum atomic E-state index is -0.874. The van der Waals surface area contributed by atoms with Crippen LogP contribution < -0.4 is 20.3 Å². The quantitative estimate of drug-likeness (QED) is 0.427. The number of rotatable bonds is 9. The number of fused-ring (bicyclic) bond motifs is 1. The van der Waals surface area contributed by atoms with Crippen molar-refractivity contribution < 1.29 is 14.6 Å². The minimum Gasteiger partial charge on any atom is -0.489 e. The summed E-state index contributed by atoms with van der Waals surface area (Å²) in [7, 11) is 0. The summed E-state index contributed by atoms with van der Waals surface area (Å²) in [6.45, 7) is 2.95. The van der Waals surface area contributed by atoms with Crippen molar-refractivity contribution in [2.24, 2.45) is 0 Å². The molecule has 9 nitrogen and oxygen atoms in total. The number of anilines is 3. The molecule has 0 fully saturated rings. The van der Waals surface area contributed by atoms with Crippen molar-refractivity contribution in [2.45, 2.75) is 12.5 Å². The van der Waals surface area contributed by atoms with E-state index in [2.05, 4.69) is 30.5 Å². The van der Waals surface area contributed by atoms with Crippen LogP contribution in [0.4, 0.5) is 17.3 Å². The molecule has 0 saturated heterocycles. The van der Waals surface area contributed by atoms with Crippen molar-refractivity contribution >= 4 is 23.3 Å². The lowest BCUT2D eigenvalue weighted by molar-refractivity contribution is -0.137. The molecule has 2 aromatic heterocycles. The van der Waals surface area contributed by atoms with Crippen molar-refractivity contribution in [1.82, 2.24) is 15.0 Å². The molecule has 0 saturated carbocycles. The van der Waals surface area contributed by atoms with E-state index in [0.29, 0.717) is 6.61 Å². The third-order valence-electron chi connectivity index (χ3n) is 4.90.